The molecule has 4 nitrogen and oxygen atoms in total. The van der Waals surface area contributed by atoms with Crippen molar-refractivity contribution in [2.45, 2.75) is 25.5 Å². The minimum Gasteiger partial charge on any atom is -0.339 e. The molecule has 0 amide bonds. The fourth-order valence-corrected chi connectivity index (χ4v) is 3.88. The molecule has 4 N–H and O–H groups in total. The Kier molecular flexibility index (Phi) is 5.27. The second-order valence-corrected chi connectivity index (χ2v) is 7.75. The summed E-state index contributed by atoms with van der Waals surface area (Å²) in [4.78, 5) is 4.38. The highest BCUT2D eigenvalue weighted by Crippen LogP contribution is 2.36. The van der Waals surface area contributed by atoms with Gasteiger partial charge in [-0.3, -0.25) is 5.73 Å². The second-order valence-electron chi connectivity index (χ2n) is 6.83. The molecule has 0 aliphatic carbocycles. The topological polar surface area (TPSA) is 58.5 Å². The molecule has 3 aromatic carbocycles. The Labute approximate surface area is 168 Å². The van der Waals surface area contributed by atoms with Gasteiger partial charge in [0.2, 0.25) is 0 Å². The van der Waals surface area contributed by atoms with E-state index in [0.29, 0.717) is 6.54 Å². The lowest BCUT2D eigenvalue weighted by Gasteiger charge is -2.47. The number of nitrogens with zero attached hydrogens (tertiary/aromatic N) is 2. The summed E-state index contributed by atoms with van der Waals surface area (Å²) in [6.45, 7) is 1.43. The smallest absolute Gasteiger partial charge is 0.136 e. The van der Waals surface area contributed by atoms with Crippen LogP contribution >= 0.6 is 15.9 Å². The first-order valence-electron chi connectivity index (χ1n) is 9.04. The molecule has 1 aliphatic heterocycles. The number of rotatable bonds is 4. The van der Waals surface area contributed by atoms with E-state index in [9.17, 15) is 0 Å². The van der Waals surface area contributed by atoms with Crippen molar-refractivity contribution in [3.8, 4) is 0 Å². The van der Waals surface area contributed by atoms with Crippen molar-refractivity contribution < 1.29 is 0 Å². The predicted molar refractivity (Wildman–Crippen MR) is 114 cm³/mol. The molecule has 138 valence electrons. The molecule has 3 aromatic rings. The molecule has 0 spiro atoms. The quantitative estimate of drug-likeness (QED) is 0.662. The lowest BCUT2D eigenvalue weighted by atomic mass is 10.0. The highest BCUT2D eigenvalue weighted by molar-refractivity contribution is 9.10. The molecule has 1 heterocycles. The Bertz CT molecular complexity index is 898. The van der Waals surface area contributed by atoms with Crippen LogP contribution in [0.3, 0.4) is 0 Å². The van der Waals surface area contributed by atoms with Gasteiger partial charge in [-0.2, -0.15) is 0 Å². The van der Waals surface area contributed by atoms with Crippen LogP contribution in [-0.2, 0) is 13.1 Å². The van der Waals surface area contributed by atoms with Gasteiger partial charge < -0.3 is 10.6 Å². The van der Waals surface area contributed by atoms with E-state index in [0.717, 1.165) is 22.3 Å². The van der Waals surface area contributed by atoms with Gasteiger partial charge in [-0.15, -0.1) is 0 Å². The molecule has 5 heteroatoms. The average Bonchev–Trinajstić information content (AvgIpc) is 2.71. The summed E-state index contributed by atoms with van der Waals surface area (Å²) < 4.78 is 1.07. The van der Waals surface area contributed by atoms with Crippen LogP contribution in [0.25, 0.3) is 0 Å². The maximum absolute atomic E-state index is 6.72. The first-order chi connectivity index (χ1) is 13.1. The lowest BCUT2D eigenvalue weighted by molar-refractivity contribution is 0.112. The van der Waals surface area contributed by atoms with E-state index < -0.39 is 0 Å². The van der Waals surface area contributed by atoms with Crippen molar-refractivity contribution in [1.29, 1.82) is 0 Å². The fourth-order valence-electron chi connectivity index (χ4n) is 3.62. The number of nitrogens with two attached hydrogens (primary N) is 2. The molecular weight excluding hydrogens is 400 g/mol. The van der Waals surface area contributed by atoms with Crippen LogP contribution in [-0.4, -0.2) is 11.2 Å². The summed E-state index contributed by atoms with van der Waals surface area (Å²) in [5.41, 5.74) is 17.9. The van der Waals surface area contributed by atoms with Crippen molar-refractivity contribution in [2.24, 2.45) is 11.5 Å². The number of fused-ring (bicyclic) bond motifs is 1. The van der Waals surface area contributed by atoms with E-state index in [1.807, 2.05) is 30.3 Å². The number of benzene rings is 3. The van der Waals surface area contributed by atoms with Gasteiger partial charge in [-0.05, 0) is 29.3 Å². The third-order valence-corrected chi connectivity index (χ3v) is 5.58. The predicted octanol–water partition coefficient (Wildman–Crippen LogP) is 4.17. The zero-order chi connectivity index (χ0) is 18.8. The van der Waals surface area contributed by atoms with Crippen molar-refractivity contribution in [2.75, 3.05) is 4.90 Å². The van der Waals surface area contributed by atoms with Crippen molar-refractivity contribution >= 4 is 21.6 Å². The van der Waals surface area contributed by atoms with Crippen molar-refractivity contribution in [3.63, 3.8) is 0 Å². The molecule has 0 saturated carbocycles. The minimum atomic E-state index is -0.307. The molecule has 0 aromatic heterocycles. The summed E-state index contributed by atoms with van der Waals surface area (Å²) in [5.74, 6) is 0. The van der Waals surface area contributed by atoms with Gasteiger partial charge in [0, 0.05) is 28.8 Å². The molecule has 0 radical (unpaired) electrons. The summed E-state index contributed by atoms with van der Waals surface area (Å²) in [6, 6.07) is 27.0. The molecular formula is C22H23BrN4. The number of anilines is 1. The van der Waals surface area contributed by atoms with E-state index in [1.54, 1.807) is 0 Å². The summed E-state index contributed by atoms with van der Waals surface area (Å²) in [7, 11) is 0. The van der Waals surface area contributed by atoms with Gasteiger partial charge in [0.1, 0.15) is 6.29 Å². The molecule has 2 unspecified atom stereocenters. The van der Waals surface area contributed by atoms with Crippen LogP contribution in [0.4, 0.5) is 5.69 Å². The average molecular weight is 423 g/mol. The Morgan fingerprint density at radius 1 is 0.741 bits per heavy atom. The minimum absolute atomic E-state index is 0.238. The van der Waals surface area contributed by atoms with Gasteiger partial charge >= 0.3 is 0 Å². The third kappa shape index (κ3) is 3.77. The van der Waals surface area contributed by atoms with Crippen LogP contribution in [0.15, 0.2) is 83.3 Å². The second kappa shape index (κ2) is 7.82. The van der Waals surface area contributed by atoms with Crippen molar-refractivity contribution in [1.82, 2.24) is 4.90 Å². The Morgan fingerprint density at radius 3 is 2.11 bits per heavy atom. The highest BCUT2D eigenvalue weighted by atomic mass is 79.9. The first-order valence-corrected chi connectivity index (χ1v) is 9.83. The third-order valence-electron chi connectivity index (χ3n) is 5.06. The molecule has 2 atom stereocenters. The Hall–Kier alpha value is -2.18. The monoisotopic (exact) mass is 422 g/mol. The van der Waals surface area contributed by atoms with Crippen LogP contribution in [0.2, 0.25) is 0 Å². The fraction of sp³-hybridized carbons (Fsp3) is 0.182. The van der Waals surface area contributed by atoms with E-state index >= 15 is 0 Å². The van der Waals surface area contributed by atoms with Crippen LogP contribution in [0.1, 0.15) is 22.9 Å². The molecule has 0 fully saturated rings. The standard InChI is InChI=1S/C22H23BrN4/c23-18-12-10-17(11-13-18)14-26-20-9-5-4-8-19(20)21(24)27(22(26)25)15-16-6-2-1-3-7-16/h1-13,21-22H,14-15,24-25H2. The summed E-state index contributed by atoms with van der Waals surface area (Å²) in [5, 5.41) is 0. The molecule has 0 bridgehead atoms. The zero-order valence-corrected chi connectivity index (χ0v) is 16.6. The molecule has 0 saturated heterocycles. The van der Waals surface area contributed by atoms with Gasteiger partial charge in [0.15, 0.2) is 0 Å². The van der Waals surface area contributed by atoms with Gasteiger partial charge in [0.25, 0.3) is 0 Å². The lowest BCUT2D eigenvalue weighted by Crippen LogP contribution is -2.59. The number of hydrogen-bond donors (Lipinski definition) is 2. The molecule has 4 rings (SSSR count). The normalized spacial score (nSPS) is 19.7. The maximum Gasteiger partial charge on any atom is 0.136 e. The van der Waals surface area contributed by atoms with Gasteiger partial charge in [0.05, 0.1) is 6.17 Å². The Balaban J connectivity index is 1.68. The van der Waals surface area contributed by atoms with Crippen LogP contribution < -0.4 is 16.4 Å². The van der Waals surface area contributed by atoms with E-state index in [-0.39, 0.29) is 12.5 Å². The van der Waals surface area contributed by atoms with E-state index in [4.69, 9.17) is 11.5 Å². The molecule has 27 heavy (non-hydrogen) atoms. The SMILES string of the molecule is NC1c2ccccc2N(Cc2ccc(Br)cc2)C(N)N1Cc1ccccc1. The van der Waals surface area contributed by atoms with Gasteiger partial charge in [-0.1, -0.05) is 76.6 Å². The number of para-hydroxylation sites is 1. The summed E-state index contributed by atoms with van der Waals surface area (Å²) >= 11 is 3.50. The number of halogens is 1. The largest absolute Gasteiger partial charge is 0.339 e. The Morgan fingerprint density at radius 2 is 1.37 bits per heavy atom. The van der Waals surface area contributed by atoms with Crippen LogP contribution in [0.5, 0.6) is 0 Å². The zero-order valence-electron chi connectivity index (χ0n) is 15.0. The van der Waals surface area contributed by atoms with Crippen LogP contribution in [0, 0.1) is 0 Å². The first kappa shape index (κ1) is 18.2. The van der Waals surface area contributed by atoms with E-state index in [1.165, 1.54) is 11.1 Å². The summed E-state index contributed by atoms with van der Waals surface area (Å²) in [6.07, 6.45) is -0.545. The van der Waals surface area contributed by atoms with E-state index in [2.05, 4.69) is 74.3 Å². The maximum atomic E-state index is 6.72. The molecule has 1 aliphatic rings. The van der Waals surface area contributed by atoms with Crippen molar-refractivity contribution in [3.05, 3.63) is 100 Å². The number of hydrogen-bond acceptors (Lipinski definition) is 4. The highest BCUT2D eigenvalue weighted by Gasteiger charge is 2.35. The van der Waals surface area contributed by atoms with Gasteiger partial charge in [-0.25, -0.2) is 4.90 Å².